The van der Waals surface area contributed by atoms with Crippen LogP contribution in [0.2, 0.25) is 0 Å². The highest BCUT2D eigenvalue weighted by Gasteiger charge is 2.35. The number of rotatable bonds is 3. The fourth-order valence-corrected chi connectivity index (χ4v) is 4.55. The third kappa shape index (κ3) is 4.00. The second kappa shape index (κ2) is 6.55. The van der Waals surface area contributed by atoms with Crippen LogP contribution in [0.5, 0.6) is 0 Å². The molecule has 0 bridgehead atoms. The molecule has 2 aliphatic heterocycles. The second-order valence-electron chi connectivity index (χ2n) is 8.74. The Hall–Kier alpha value is -0.120. The molecule has 2 saturated heterocycles. The molecule has 0 aromatic rings. The van der Waals surface area contributed by atoms with E-state index in [9.17, 15) is 0 Å². The van der Waals surface area contributed by atoms with Gasteiger partial charge in [-0.05, 0) is 42.9 Å². The Kier molecular flexibility index (Phi) is 4.92. The van der Waals surface area contributed by atoms with Crippen molar-refractivity contribution in [2.24, 2.45) is 17.3 Å². The summed E-state index contributed by atoms with van der Waals surface area (Å²) in [7, 11) is 0. The summed E-state index contributed by atoms with van der Waals surface area (Å²) in [6.07, 6.45) is 5.86. The average molecular weight is 293 g/mol. The van der Waals surface area contributed by atoms with Crippen molar-refractivity contribution in [3.63, 3.8) is 0 Å². The van der Waals surface area contributed by atoms with Gasteiger partial charge in [-0.15, -0.1) is 0 Å². The van der Waals surface area contributed by atoms with Crippen molar-refractivity contribution < 1.29 is 0 Å². The van der Waals surface area contributed by atoms with Crippen molar-refractivity contribution in [3.8, 4) is 0 Å². The van der Waals surface area contributed by atoms with Crippen LogP contribution >= 0.6 is 0 Å². The van der Waals surface area contributed by atoms with Crippen LogP contribution in [0.15, 0.2) is 0 Å². The molecule has 122 valence electrons. The van der Waals surface area contributed by atoms with Crippen LogP contribution in [-0.4, -0.2) is 61.7 Å². The minimum Gasteiger partial charge on any atom is -0.314 e. The van der Waals surface area contributed by atoms with Crippen molar-refractivity contribution in [3.05, 3.63) is 0 Å². The first-order valence-corrected chi connectivity index (χ1v) is 9.19. The summed E-state index contributed by atoms with van der Waals surface area (Å²) in [5.41, 5.74) is 0.523. The lowest BCUT2D eigenvalue weighted by Crippen LogP contribution is -2.63. The molecule has 0 amide bonds. The lowest BCUT2D eigenvalue weighted by Gasteiger charge is -2.48. The molecule has 1 N–H and O–H groups in total. The van der Waals surface area contributed by atoms with E-state index in [-0.39, 0.29) is 0 Å². The number of likely N-dealkylation sites (tertiary alicyclic amines) is 1. The van der Waals surface area contributed by atoms with Gasteiger partial charge >= 0.3 is 0 Å². The van der Waals surface area contributed by atoms with Crippen molar-refractivity contribution in [1.82, 2.24) is 15.1 Å². The smallest absolute Gasteiger partial charge is 0.0351 e. The van der Waals surface area contributed by atoms with Gasteiger partial charge in [-0.1, -0.05) is 20.8 Å². The zero-order chi connectivity index (χ0) is 14.9. The van der Waals surface area contributed by atoms with Gasteiger partial charge in [0.25, 0.3) is 0 Å². The number of hydrogen-bond donors (Lipinski definition) is 1. The van der Waals surface area contributed by atoms with Gasteiger partial charge in [-0.25, -0.2) is 0 Å². The zero-order valence-electron chi connectivity index (χ0n) is 14.4. The van der Waals surface area contributed by atoms with E-state index in [1.807, 2.05) is 0 Å². The quantitative estimate of drug-likeness (QED) is 0.862. The monoisotopic (exact) mass is 293 g/mol. The zero-order valence-corrected chi connectivity index (χ0v) is 14.4. The summed E-state index contributed by atoms with van der Waals surface area (Å²) in [6.45, 7) is 16.2. The van der Waals surface area contributed by atoms with Crippen LogP contribution in [0, 0.1) is 17.3 Å². The molecule has 3 fully saturated rings. The Morgan fingerprint density at radius 2 is 1.57 bits per heavy atom. The Morgan fingerprint density at radius 3 is 2.14 bits per heavy atom. The molecular formula is C18H35N3. The van der Waals surface area contributed by atoms with E-state index in [0.717, 1.165) is 17.9 Å². The predicted octanol–water partition coefficient (Wildman–Crippen LogP) is 2.43. The van der Waals surface area contributed by atoms with E-state index in [1.54, 1.807) is 0 Å². The summed E-state index contributed by atoms with van der Waals surface area (Å²) in [4.78, 5) is 5.41. The summed E-state index contributed by atoms with van der Waals surface area (Å²) < 4.78 is 0. The fourth-order valence-electron chi connectivity index (χ4n) is 4.55. The summed E-state index contributed by atoms with van der Waals surface area (Å²) >= 11 is 0. The van der Waals surface area contributed by atoms with Gasteiger partial charge in [0.2, 0.25) is 0 Å². The van der Waals surface area contributed by atoms with Gasteiger partial charge in [0, 0.05) is 51.9 Å². The van der Waals surface area contributed by atoms with Crippen LogP contribution in [0.4, 0.5) is 0 Å². The van der Waals surface area contributed by atoms with Crippen LogP contribution in [-0.2, 0) is 0 Å². The van der Waals surface area contributed by atoms with Crippen molar-refractivity contribution >= 4 is 0 Å². The first-order valence-electron chi connectivity index (χ1n) is 9.19. The fraction of sp³-hybridized carbons (Fsp3) is 1.00. The van der Waals surface area contributed by atoms with E-state index in [1.165, 1.54) is 71.5 Å². The van der Waals surface area contributed by atoms with Gasteiger partial charge in [0.05, 0.1) is 0 Å². The molecule has 3 rings (SSSR count). The number of nitrogens with one attached hydrogen (secondary N) is 1. The highest BCUT2D eigenvalue weighted by atomic mass is 15.3. The molecule has 3 nitrogen and oxygen atoms in total. The standard InChI is InChI=1S/C18H35N3/c1-18(2,3)16-6-4-15(5-7-16)12-20-13-17(14-20)21-10-8-19-9-11-21/h15-17,19H,4-14H2,1-3H3. The molecule has 0 spiro atoms. The van der Waals surface area contributed by atoms with Crippen molar-refractivity contribution in [2.45, 2.75) is 52.5 Å². The lowest BCUT2D eigenvalue weighted by atomic mass is 9.69. The van der Waals surface area contributed by atoms with E-state index >= 15 is 0 Å². The average Bonchev–Trinajstić information content (AvgIpc) is 2.43. The molecule has 0 unspecified atom stereocenters. The lowest BCUT2D eigenvalue weighted by molar-refractivity contribution is 0.00995. The molecular weight excluding hydrogens is 258 g/mol. The van der Waals surface area contributed by atoms with Crippen LogP contribution < -0.4 is 5.32 Å². The first kappa shape index (κ1) is 15.8. The van der Waals surface area contributed by atoms with Gasteiger partial charge in [-0.2, -0.15) is 0 Å². The maximum absolute atomic E-state index is 3.46. The Morgan fingerprint density at radius 1 is 0.952 bits per heavy atom. The van der Waals surface area contributed by atoms with E-state index in [4.69, 9.17) is 0 Å². The van der Waals surface area contributed by atoms with Gasteiger partial charge in [-0.3, -0.25) is 9.80 Å². The largest absolute Gasteiger partial charge is 0.314 e. The predicted molar refractivity (Wildman–Crippen MR) is 89.6 cm³/mol. The summed E-state index contributed by atoms with van der Waals surface area (Å²) in [5.74, 6) is 1.94. The SMILES string of the molecule is CC(C)(C)C1CCC(CN2CC(N3CCNCC3)C2)CC1. The normalized spacial score (nSPS) is 33.9. The molecule has 0 aromatic heterocycles. The van der Waals surface area contributed by atoms with Crippen LogP contribution in [0.1, 0.15) is 46.5 Å². The molecule has 21 heavy (non-hydrogen) atoms. The van der Waals surface area contributed by atoms with Gasteiger partial charge in [0.15, 0.2) is 0 Å². The van der Waals surface area contributed by atoms with E-state index in [2.05, 4.69) is 35.9 Å². The Bertz CT molecular complexity index is 316. The number of piperazine rings is 1. The van der Waals surface area contributed by atoms with Crippen molar-refractivity contribution in [1.29, 1.82) is 0 Å². The minimum atomic E-state index is 0.523. The highest BCUT2D eigenvalue weighted by molar-refractivity contribution is 4.91. The molecule has 3 aliphatic rings. The van der Waals surface area contributed by atoms with Crippen LogP contribution in [0.3, 0.4) is 0 Å². The Labute approximate surface area is 131 Å². The number of nitrogens with zero attached hydrogens (tertiary/aromatic N) is 2. The Balaban J connectivity index is 1.34. The molecule has 1 aliphatic carbocycles. The molecule has 0 radical (unpaired) electrons. The molecule has 3 heteroatoms. The highest BCUT2D eigenvalue weighted by Crippen LogP contribution is 2.40. The summed E-state index contributed by atoms with van der Waals surface area (Å²) in [5, 5.41) is 3.46. The third-order valence-corrected chi connectivity index (χ3v) is 6.19. The van der Waals surface area contributed by atoms with Gasteiger partial charge in [0.1, 0.15) is 0 Å². The van der Waals surface area contributed by atoms with Gasteiger partial charge < -0.3 is 5.32 Å². The topological polar surface area (TPSA) is 18.5 Å². The minimum absolute atomic E-state index is 0.523. The maximum atomic E-state index is 3.46. The molecule has 0 aromatic carbocycles. The maximum Gasteiger partial charge on any atom is 0.0351 e. The van der Waals surface area contributed by atoms with Crippen LogP contribution in [0.25, 0.3) is 0 Å². The molecule has 1 saturated carbocycles. The third-order valence-electron chi connectivity index (χ3n) is 6.19. The summed E-state index contributed by atoms with van der Waals surface area (Å²) in [6, 6.07) is 0.859. The molecule has 2 heterocycles. The van der Waals surface area contributed by atoms with E-state index < -0.39 is 0 Å². The first-order chi connectivity index (χ1) is 10.0. The molecule has 0 atom stereocenters. The second-order valence-corrected chi connectivity index (χ2v) is 8.74. The van der Waals surface area contributed by atoms with E-state index in [0.29, 0.717) is 5.41 Å². The van der Waals surface area contributed by atoms with Crippen molar-refractivity contribution in [2.75, 3.05) is 45.8 Å². The number of hydrogen-bond acceptors (Lipinski definition) is 3.